The van der Waals surface area contributed by atoms with Crippen LogP contribution in [0.5, 0.6) is 5.75 Å². The number of hydrogen-bond donors (Lipinski definition) is 2. The minimum atomic E-state index is -0.262. The maximum atomic E-state index is 11.5. The number of hydrogen-bond acceptors (Lipinski definition) is 3. The summed E-state index contributed by atoms with van der Waals surface area (Å²) >= 11 is 11.6. The van der Waals surface area contributed by atoms with Crippen LogP contribution in [0.1, 0.15) is 13.3 Å². The van der Waals surface area contributed by atoms with Gasteiger partial charge in [0, 0.05) is 17.7 Å². The lowest BCUT2D eigenvalue weighted by Crippen LogP contribution is -2.36. The van der Waals surface area contributed by atoms with Crippen LogP contribution in [0, 0.1) is 0 Å². The van der Waals surface area contributed by atoms with Gasteiger partial charge >= 0.3 is 0 Å². The lowest BCUT2D eigenvalue weighted by atomic mass is 10.2. The maximum Gasteiger partial charge on any atom is 0.258 e. The summed E-state index contributed by atoms with van der Waals surface area (Å²) in [5.74, 6) is 0.146. The van der Waals surface area contributed by atoms with E-state index in [0.29, 0.717) is 22.2 Å². The molecule has 0 heterocycles. The predicted octanol–water partition coefficient (Wildman–Crippen LogP) is 2.26. The number of carbonyl (C=O) groups is 1. The van der Waals surface area contributed by atoms with Crippen molar-refractivity contribution >= 4 is 29.1 Å². The number of halogens is 2. The SMILES string of the molecule is CC(CCO)NC(=O)COc1ccc(Cl)cc1Cl. The van der Waals surface area contributed by atoms with E-state index in [-0.39, 0.29) is 25.2 Å². The van der Waals surface area contributed by atoms with E-state index in [9.17, 15) is 4.79 Å². The standard InChI is InChI=1S/C12H15Cl2NO3/c1-8(4-5-16)15-12(17)7-18-11-3-2-9(13)6-10(11)14/h2-3,6,8,16H,4-5,7H2,1H3,(H,15,17). The van der Waals surface area contributed by atoms with Crippen LogP contribution in [-0.2, 0) is 4.79 Å². The first-order valence-corrected chi connectivity index (χ1v) is 6.26. The molecule has 1 rings (SSSR count). The highest BCUT2D eigenvalue weighted by Crippen LogP contribution is 2.27. The Morgan fingerprint density at radius 3 is 2.83 bits per heavy atom. The fourth-order valence-electron chi connectivity index (χ4n) is 1.32. The molecule has 0 bridgehead atoms. The summed E-state index contributed by atoms with van der Waals surface area (Å²) in [5.41, 5.74) is 0. The third kappa shape index (κ3) is 5.12. The fraction of sp³-hybridized carbons (Fsp3) is 0.417. The van der Waals surface area contributed by atoms with Crippen molar-refractivity contribution in [2.75, 3.05) is 13.2 Å². The molecule has 1 atom stereocenters. The van der Waals surface area contributed by atoms with Gasteiger partial charge in [0.15, 0.2) is 6.61 Å². The van der Waals surface area contributed by atoms with E-state index in [2.05, 4.69) is 5.32 Å². The highest BCUT2D eigenvalue weighted by molar-refractivity contribution is 6.35. The zero-order valence-electron chi connectivity index (χ0n) is 9.95. The molecular weight excluding hydrogens is 277 g/mol. The normalized spacial score (nSPS) is 12.0. The number of nitrogens with one attached hydrogen (secondary N) is 1. The second-order valence-electron chi connectivity index (χ2n) is 3.84. The van der Waals surface area contributed by atoms with E-state index in [1.165, 1.54) is 0 Å². The molecule has 0 saturated heterocycles. The molecule has 0 aliphatic carbocycles. The van der Waals surface area contributed by atoms with Gasteiger partial charge in [-0.2, -0.15) is 0 Å². The summed E-state index contributed by atoms with van der Waals surface area (Å²) in [6, 6.07) is 4.70. The van der Waals surface area contributed by atoms with Gasteiger partial charge in [-0.3, -0.25) is 4.79 Å². The lowest BCUT2D eigenvalue weighted by molar-refractivity contribution is -0.123. The van der Waals surface area contributed by atoms with Gasteiger partial charge < -0.3 is 15.2 Å². The molecule has 1 amide bonds. The number of rotatable bonds is 6. The molecule has 4 nitrogen and oxygen atoms in total. The highest BCUT2D eigenvalue weighted by atomic mass is 35.5. The molecule has 18 heavy (non-hydrogen) atoms. The molecule has 1 unspecified atom stereocenters. The summed E-state index contributed by atoms with van der Waals surface area (Å²) in [4.78, 5) is 11.5. The van der Waals surface area contributed by atoms with Crippen LogP contribution >= 0.6 is 23.2 Å². The first-order valence-electron chi connectivity index (χ1n) is 5.51. The number of aliphatic hydroxyl groups excluding tert-OH is 1. The van der Waals surface area contributed by atoms with Gasteiger partial charge in [-0.25, -0.2) is 0 Å². The molecule has 1 aromatic rings. The number of aliphatic hydroxyl groups is 1. The van der Waals surface area contributed by atoms with E-state index in [1.807, 2.05) is 6.92 Å². The summed E-state index contributed by atoms with van der Waals surface area (Å²) in [5, 5.41) is 12.3. The van der Waals surface area contributed by atoms with Crippen LogP contribution in [0.4, 0.5) is 0 Å². The van der Waals surface area contributed by atoms with E-state index in [4.69, 9.17) is 33.0 Å². The van der Waals surface area contributed by atoms with Gasteiger partial charge in [0.05, 0.1) is 5.02 Å². The number of carbonyl (C=O) groups excluding carboxylic acids is 1. The van der Waals surface area contributed by atoms with Gasteiger partial charge in [-0.05, 0) is 31.5 Å². The van der Waals surface area contributed by atoms with Crippen molar-refractivity contribution in [1.29, 1.82) is 0 Å². The molecule has 1 aromatic carbocycles. The van der Waals surface area contributed by atoms with Crippen LogP contribution in [-0.4, -0.2) is 30.3 Å². The summed E-state index contributed by atoms with van der Waals surface area (Å²) in [6.07, 6.45) is 0.507. The highest BCUT2D eigenvalue weighted by Gasteiger charge is 2.09. The van der Waals surface area contributed by atoms with Crippen molar-refractivity contribution in [2.24, 2.45) is 0 Å². The lowest BCUT2D eigenvalue weighted by Gasteiger charge is -2.13. The molecular formula is C12H15Cl2NO3. The molecule has 0 fully saturated rings. The van der Waals surface area contributed by atoms with E-state index >= 15 is 0 Å². The summed E-state index contributed by atoms with van der Waals surface area (Å²) in [7, 11) is 0. The molecule has 6 heteroatoms. The largest absolute Gasteiger partial charge is 0.482 e. The quantitative estimate of drug-likeness (QED) is 0.845. The Morgan fingerprint density at radius 1 is 1.50 bits per heavy atom. The van der Waals surface area contributed by atoms with E-state index < -0.39 is 0 Å². The zero-order chi connectivity index (χ0) is 13.5. The first kappa shape index (κ1) is 15.1. The average Bonchev–Trinajstić information content (AvgIpc) is 2.28. The molecule has 100 valence electrons. The number of benzene rings is 1. The van der Waals surface area contributed by atoms with Crippen LogP contribution in [0.2, 0.25) is 10.0 Å². The Hall–Kier alpha value is -0.970. The van der Waals surface area contributed by atoms with Gasteiger partial charge in [0.2, 0.25) is 0 Å². The van der Waals surface area contributed by atoms with Gasteiger partial charge in [-0.15, -0.1) is 0 Å². The molecule has 0 aromatic heterocycles. The van der Waals surface area contributed by atoms with Crippen molar-refractivity contribution in [1.82, 2.24) is 5.32 Å². The molecule has 2 N–H and O–H groups in total. The van der Waals surface area contributed by atoms with E-state index in [0.717, 1.165) is 0 Å². The van der Waals surface area contributed by atoms with Gasteiger partial charge in [-0.1, -0.05) is 23.2 Å². The van der Waals surface area contributed by atoms with E-state index in [1.54, 1.807) is 18.2 Å². The second-order valence-corrected chi connectivity index (χ2v) is 4.69. The fourth-order valence-corrected chi connectivity index (χ4v) is 1.78. The second kappa shape index (κ2) is 7.46. The van der Waals surface area contributed by atoms with Crippen molar-refractivity contribution in [3.8, 4) is 5.75 Å². The van der Waals surface area contributed by atoms with Crippen LogP contribution in [0.3, 0.4) is 0 Å². The average molecular weight is 292 g/mol. The first-order chi connectivity index (χ1) is 8.52. The molecule has 0 radical (unpaired) electrons. The van der Waals surface area contributed by atoms with Crippen LogP contribution in [0.15, 0.2) is 18.2 Å². The molecule has 0 aliphatic heterocycles. The molecule has 0 saturated carbocycles. The Labute approximate surface area is 116 Å². The summed E-state index contributed by atoms with van der Waals surface area (Å²) in [6.45, 7) is 1.71. The summed E-state index contributed by atoms with van der Waals surface area (Å²) < 4.78 is 5.27. The number of ether oxygens (including phenoxy) is 1. The third-order valence-electron chi connectivity index (χ3n) is 2.22. The zero-order valence-corrected chi connectivity index (χ0v) is 11.5. The van der Waals surface area contributed by atoms with Crippen molar-refractivity contribution in [2.45, 2.75) is 19.4 Å². The van der Waals surface area contributed by atoms with Crippen molar-refractivity contribution < 1.29 is 14.6 Å². The van der Waals surface area contributed by atoms with Gasteiger partial charge in [0.25, 0.3) is 5.91 Å². The Morgan fingerprint density at radius 2 is 2.22 bits per heavy atom. The monoisotopic (exact) mass is 291 g/mol. The maximum absolute atomic E-state index is 11.5. The van der Waals surface area contributed by atoms with Crippen LogP contribution < -0.4 is 10.1 Å². The van der Waals surface area contributed by atoms with Gasteiger partial charge in [0.1, 0.15) is 5.75 Å². The Kier molecular flexibility index (Phi) is 6.25. The topological polar surface area (TPSA) is 58.6 Å². The van der Waals surface area contributed by atoms with Crippen LogP contribution in [0.25, 0.3) is 0 Å². The molecule has 0 aliphatic rings. The minimum absolute atomic E-state index is 0.0331. The minimum Gasteiger partial charge on any atom is -0.482 e. The Balaban J connectivity index is 2.42. The molecule has 0 spiro atoms. The number of amides is 1. The smallest absolute Gasteiger partial charge is 0.258 e. The predicted molar refractivity (Wildman–Crippen MR) is 71.3 cm³/mol. The van der Waals surface area contributed by atoms with Crippen molar-refractivity contribution in [3.63, 3.8) is 0 Å². The Bertz CT molecular complexity index is 412. The third-order valence-corrected chi connectivity index (χ3v) is 2.75. The van der Waals surface area contributed by atoms with Crippen molar-refractivity contribution in [3.05, 3.63) is 28.2 Å².